The fraction of sp³-hybridized carbons (Fsp3) is 0.467. The predicted molar refractivity (Wildman–Crippen MR) is 152 cm³/mol. The molecule has 3 heterocycles. The molecule has 3 aliphatic rings. The molecule has 2 saturated heterocycles. The van der Waals surface area contributed by atoms with Crippen molar-refractivity contribution in [2.75, 3.05) is 46.4 Å². The van der Waals surface area contributed by atoms with Gasteiger partial charge in [-0.3, -0.25) is 24.5 Å². The van der Waals surface area contributed by atoms with Crippen LogP contribution in [0.25, 0.3) is 0 Å². The van der Waals surface area contributed by atoms with Crippen molar-refractivity contribution in [3.8, 4) is 11.5 Å². The van der Waals surface area contributed by atoms with E-state index < -0.39 is 0 Å². The molecule has 9 nitrogen and oxygen atoms in total. The van der Waals surface area contributed by atoms with Crippen molar-refractivity contribution in [2.45, 2.75) is 44.7 Å². The lowest BCUT2D eigenvalue weighted by Crippen LogP contribution is -2.35. The molecule has 2 aromatic rings. The summed E-state index contributed by atoms with van der Waals surface area (Å²) in [4.78, 5) is 39.1. The first kappa shape index (κ1) is 26.9. The number of amides is 2. The smallest absolute Gasteiger partial charge is 0.256 e. The topological polar surface area (TPSA) is 87.0 Å². The summed E-state index contributed by atoms with van der Waals surface area (Å²) in [5.41, 5.74) is 3.25. The molecule has 2 amide bonds. The highest BCUT2D eigenvalue weighted by atomic mass is 16.5. The highest BCUT2D eigenvalue weighted by Gasteiger charge is 2.31. The summed E-state index contributed by atoms with van der Waals surface area (Å²) in [6.07, 6.45) is 8.66. The van der Waals surface area contributed by atoms with Crippen molar-refractivity contribution in [3.63, 3.8) is 0 Å². The monoisotopic (exact) mass is 531 g/mol. The van der Waals surface area contributed by atoms with Crippen molar-refractivity contribution >= 4 is 36.1 Å². The van der Waals surface area contributed by atoms with Crippen LogP contribution in [0.1, 0.15) is 41.6 Å². The number of fused-ring (bicyclic) bond motifs is 2. The van der Waals surface area contributed by atoms with Crippen LogP contribution >= 0.6 is 0 Å². The van der Waals surface area contributed by atoms with Crippen LogP contribution in [0.15, 0.2) is 46.4 Å². The molecule has 5 rings (SSSR count). The van der Waals surface area contributed by atoms with Gasteiger partial charge in [-0.05, 0) is 81.6 Å². The van der Waals surface area contributed by atoms with E-state index in [0.717, 1.165) is 75.3 Å². The number of rotatable bonds is 11. The van der Waals surface area contributed by atoms with E-state index in [9.17, 15) is 9.59 Å². The van der Waals surface area contributed by atoms with Crippen LogP contribution in [0.2, 0.25) is 0 Å². The third-order valence-electron chi connectivity index (χ3n) is 7.66. The number of carbonyl (C=O) groups excluding carboxylic acids is 2. The second-order valence-electron chi connectivity index (χ2n) is 10.4. The van der Waals surface area contributed by atoms with Crippen LogP contribution in [0.4, 0.5) is 11.4 Å². The Hall–Kier alpha value is -3.72. The molecule has 39 heavy (non-hydrogen) atoms. The van der Waals surface area contributed by atoms with Crippen molar-refractivity contribution in [1.82, 2.24) is 14.7 Å². The number of hydrogen-bond donors (Lipinski definition) is 0. The van der Waals surface area contributed by atoms with Crippen molar-refractivity contribution < 1.29 is 19.1 Å². The molecule has 0 saturated carbocycles. The number of aryl methyl sites for hydroxylation is 1. The van der Waals surface area contributed by atoms with Gasteiger partial charge in [0.15, 0.2) is 0 Å². The highest BCUT2D eigenvalue weighted by Crippen LogP contribution is 2.31. The number of nitrogens with zero attached hydrogens (tertiary/aromatic N) is 5. The molecule has 2 aromatic carbocycles. The number of benzene rings is 2. The van der Waals surface area contributed by atoms with Gasteiger partial charge in [-0.25, -0.2) is 0 Å². The number of likely N-dealkylation sites (N-methyl/N-ethyl adjacent to an activating group) is 1. The molecule has 0 radical (unpaired) electrons. The Morgan fingerprint density at radius 3 is 2.56 bits per heavy atom. The van der Waals surface area contributed by atoms with E-state index in [4.69, 9.17) is 9.47 Å². The van der Waals surface area contributed by atoms with Crippen LogP contribution in [-0.4, -0.2) is 98.0 Å². The van der Waals surface area contributed by atoms with Gasteiger partial charge in [-0.1, -0.05) is 0 Å². The molecule has 0 aromatic heterocycles. The van der Waals surface area contributed by atoms with Crippen LogP contribution < -0.4 is 9.47 Å². The number of hydrogen-bond acceptors (Lipinski definition) is 7. The van der Waals surface area contributed by atoms with Crippen molar-refractivity contribution in [1.29, 1.82) is 0 Å². The quantitative estimate of drug-likeness (QED) is 0.323. The average molecular weight is 532 g/mol. The standard InChI is InChI=1S/C30H37N5O4/c1-22-17-25(7-9-28(22)31-19-23-5-3-11-34(23)21-36)38-15-13-33(2)14-16-39-26-8-10-29-27(18-26)30(37)35-12-4-6-24(35)20-32-29/h7-10,17-21,23-24H,3-6,11-16H2,1-2H3. The Morgan fingerprint density at radius 1 is 1.05 bits per heavy atom. The minimum atomic E-state index is 0.0400. The molecule has 9 heteroatoms. The van der Waals surface area contributed by atoms with Crippen LogP contribution in [-0.2, 0) is 4.79 Å². The van der Waals surface area contributed by atoms with Crippen LogP contribution in [0.5, 0.6) is 11.5 Å². The second kappa shape index (κ2) is 12.4. The zero-order valence-electron chi connectivity index (χ0n) is 22.8. The Kier molecular flexibility index (Phi) is 8.56. The Labute approximate surface area is 230 Å². The SMILES string of the molecule is Cc1cc(OCCN(C)CCOc2ccc3c(c2)C(=O)N2CCCC2C=N3)ccc1N=CC1CCCN1C=O. The summed E-state index contributed by atoms with van der Waals surface area (Å²) in [5, 5.41) is 0. The fourth-order valence-corrected chi connectivity index (χ4v) is 5.29. The van der Waals surface area contributed by atoms with Gasteiger partial charge in [0.2, 0.25) is 6.41 Å². The molecular weight excluding hydrogens is 494 g/mol. The average Bonchev–Trinajstić information content (AvgIpc) is 3.58. The number of likely N-dealkylation sites (tertiary alicyclic amines) is 1. The first-order valence-corrected chi connectivity index (χ1v) is 13.8. The van der Waals surface area contributed by atoms with E-state index >= 15 is 0 Å². The van der Waals surface area contributed by atoms with Gasteiger partial charge in [0.25, 0.3) is 5.91 Å². The molecule has 3 aliphatic heterocycles. The minimum Gasteiger partial charge on any atom is -0.492 e. The first-order chi connectivity index (χ1) is 19.0. The van der Waals surface area contributed by atoms with Crippen molar-refractivity contribution in [3.05, 3.63) is 47.5 Å². The van der Waals surface area contributed by atoms with E-state index in [1.165, 1.54) is 0 Å². The van der Waals surface area contributed by atoms with Gasteiger partial charge in [-0.2, -0.15) is 0 Å². The zero-order valence-corrected chi connectivity index (χ0v) is 22.8. The summed E-state index contributed by atoms with van der Waals surface area (Å²) < 4.78 is 11.9. The largest absolute Gasteiger partial charge is 0.492 e. The van der Waals surface area contributed by atoms with Gasteiger partial charge < -0.3 is 19.3 Å². The van der Waals surface area contributed by atoms with Gasteiger partial charge in [-0.15, -0.1) is 0 Å². The molecule has 2 fully saturated rings. The van der Waals surface area contributed by atoms with Crippen LogP contribution in [0, 0.1) is 6.92 Å². The van der Waals surface area contributed by atoms with Gasteiger partial charge in [0.1, 0.15) is 24.7 Å². The minimum absolute atomic E-state index is 0.0400. The Morgan fingerprint density at radius 2 is 1.79 bits per heavy atom. The maximum atomic E-state index is 13.0. The zero-order chi connectivity index (χ0) is 27.2. The molecule has 2 unspecified atom stereocenters. The summed E-state index contributed by atoms with van der Waals surface area (Å²) >= 11 is 0. The third kappa shape index (κ3) is 6.47. The summed E-state index contributed by atoms with van der Waals surface area (Å²) in [7, 11) is 2.03. The molecule has 0 spiro atoms. The summed E-state index contributed by atoms with van der Waals surface area (Å²) in [6, 6.07) is 11.7. The van der Waals surface area contributed by atoms with E-state index in [1.54, 1.807) is 4.90 Å². The van der Waals surface area contributed by atoms with E-state index in [-0.39, 0.29) is 18.0 Å². The molecule has 206 valence electrons. The van der Waals surface area contributed by atoms with Gasteiger partial charge in [0, 0.05) is 38.6 Å². The third-order valence-corrected chi connectivity index (χ3v) is 7.66. The van der Waals surface area contributed by atoms with E-state index in [0.29, 0.717) is 30.2 Å². The van der Waals surface area contributed by atoms with E-state index in [1.807, 2.05) is 67.7 Å². The molecule has 2 atom stereocenters. The Bertz CT molecular complexity index is 1250. The number of carbonyl (C=O) groups is 2. The lowest BCUT2D eigenvalue weighted by molar-refractivity contribution is -0.117. The van der Waals surface area contributed by atoms with Gasteiger partial charge >= 0.3 is 0 Å². The highest BCUT2D eigenvalue weighted by molar-refractivity contribution is 6.03. The normalized spacial score (nSPS) is 20.4. The number of ether oxygens (including phenoxy) is 2. The van der Waals surface area contributed by atoms with Gasteiger partial charge in [0.05, 0.1) is 29.0 Å². The second-order valence-corrected chi connectivity index (χ2v) is 10.4. The maximum Gasteiger partial charge on any atom is 0.256 e. The van der Waals surface area contributed by atoms with E-state index in [2.05, 4.69) is 14.9 Å². The first-order valence-electron chi connectivity index (χ1n) is 13.8. The molecule has 0 aliphatic carbocycles. The predicted octanol–water partition coefficient (Wildman–Crippen LogP) is 4.03. The van der Waals surface area contributed by atoms with Crippen molar-refractivity contribution in [2.24, 2.45) is 9.98 Å². The lowest BCUT2D eigenvalue weighted by atomic mass is 10.1. The van der Waals surface area contributed by atoms with Crippen LogP contribution in [0.3, 0.4) is 0 Å². The lowest BCUT2D eigenvalue weighted by Gasteiger charge is -2.20. The maximum absolute atomic E-state index is 13.0. The Balaban J connectivity index is 1.05. The summed E-state index contributed by atoms with van der Waals surface area (Å²) in [5.74, 6) is 1.53. The molecule has 0 bridgehead atoms. The number of aliphatic imine (C=N–C) groups is 2. The molecule has 0 N–H and O–H groups in total. The fourth-order valence-electron chi connectivity index (χ4n) is 5.29. The molecular formula is C30H37N5O4. The summed E-state index contributed by atoms with van der Waals surface area (Å²) in [6.45, 7) is 6.14.